The first-order valence-electron chi connectivity index (χ1n) is 3.14. The molecule has 0 aliphatic carbocycles. The van der Waals surface area contributed by atoms with E-state index in [1.54, 1.807) is 0 Å². The molecule has 0 rings (SSSR count). The molecule has 0 aliphatic heterocycles. The van der Waals surface area contributed by atoms with E-state index in [9.17, 15) is 0 Å². The van der Waals surface area contributed by atoms with E-state index in [2.05, 4.69) is 27.7 Å². The Labute approximate surface area is 51.6 Å². The van der Waals surface area contributed by atoms with Gasteiger partial charge >= 0.3 is 0 Å². The molecule has 0 aromatic rings. The maximum Gasteiger partial charge on any atom is 0.0140 e. The molecule has 0 heterocycles. The van der Waals surface area contributed by atoms with Gasteiger partial charge in [0.2, 0.25) is 0 Å². The molecule has 0 unspecified atom stereocenters. The number of hydrogen-bond donors (Lipinski definition) is 1. The van der Waals surface area contributed by atoms with Gasteiger partial charge in [0.15, 0.2) is 0 Å². The van der Waals surface area contributed by atoms with Gasteiger partial charge in [0.05, 0.1) is 0 Å². The van der Waals surface area contributed by atoms with Gasteiger partial charge in [-0.25, -0.2) is 0 Å². The van der Waals surface area contributed by atoms with Crippen LogP contribution in [0.5, 0.6) is 0 Å². The number of hydrogen-bond acceptors (Lipinski definition) is 1. The first-order valence-corrected chi connectivity index (χ1v) is 3.14. The SMILES string of the molecule is CC(C)C(=N)C(C)C. The van der Waals surface area contributed by atoms with Gasteiger partial charge in [-0.3, -0.25) is 0 Å². The van der Waals surface area contributed by atoms with Gasteiger partial charge in [-0.05, 0) is 11.8 Å². The van der Waals surface area contributed by atoms with Crippen LogP contribution >= 0.6 is 0 Å². The Morgan fingerprint density at radius 2 is 1.25 bits per heavy atom. The molecule has 0 saturated heterocycles. The summed E-state index contributed by atoms with van der Waals surface area (Å²) in [5.74, 6) is 0.852. The van der Waals surface area contributed by atoms with Crippen LogP contribution in [0.2, 0.25) is 0 Å². The zero-order valence-corrected chi connectivity index (χ0v) is 6.15. The Hall–Kier alpha value is -0.330. The molecule has 0 aromatic heterocycles. The topological polar surface area (TPSA) is 23.9 Å². The second kappa shape index (κ2) is 2.85. The van der Waals surface area contributed by atoms with Crippen molar-refractivity contribution in [1.29, 1.82) is 5.41 Å². The minimum atomic E-state index is 0.426. The summed E-state index contributed by atoms with van der Waals surface area (Å²) < 4.78 is 0. The van der Waals surface area contributed by atoms with Crippen molar-refractivity contribution in [2.75, 3.05) is 0 Å². The van der Waals surface area contributed by atoms with E-state index in [0.717, 1.165) is 5.71 Å². The molecule has 0 bridgehead atoms. The molecule has 0 aliphatic rings. The van der Waals surface area contributed by atoms with Crippen molar-refractivity contribution in [3.63, 3.8) is 0 Å². The molecule has 0 atom stereocenters. The highest BCUT2D eigenvalue weighted by Gasteiger charge is 2.05. The fraction of sp³-hybridized carbons (Fsp3) is 0.857. The molecule has 0 radical (unpaired) electrons. The fourth-order valence-electron chi connectivity index (χ4n) is 0.667. The molecule has 1 nitrogen and oxygen atoms in total. The van der Waals surface area contributed by atoms with E-state index in [4.69, 9.17) is 5.41 Å². The van der Waals surface area contributed by atoms with Gasteiger partial charge in [0.25, 0.3) is 0 Å². The molecule has 48 valence electrons. The monoisotopic (exact) mass is 113 g/mol. The molecule has 0 amide bonds. The van der Waals surface area contributed by atoms with Crippen LogP contribution in [0.4, 0.5) is 0 Å². The molecule has 0 spiro atoms. The van der Waals surface area contributed by atoms with Crippen molar-refractivity contribution < 1.29 is 0 Å². The summed E-state index contributed by atoms with van der Waals surface area (Å²) in [7, 11) is 0. The van der Waals surface area contributed by atoms with Crippen LogP contribution < -0.4 is 0 Å². The number of nitrogens with one attached hydrogen (secondary N) is 1. The molecule has 1 N–H and O–H groups in total. The lowest BCUT2D eigenvalue weighted by atomic mass is 9.98. The van der Waals surface area contributed by atoms with E-state index in [-0.39, 0.29) is 0 Å². The Morgan fingerprint density at radius 1 is 1.00 bits per heavy atom. The number of rotatable bonds is 2. The molecule has 0 saturated carbocycles. The third-order valence-electron chi connectivity index (χ3n) is 1.24. The van der Waals surface area contributed by atoms with Crippen LogP contribution in [0.25, 0.3) is 0 Å². The highest BCUT2D eigenvalue weighted by molar-refractivity contribution is 5.84. The van der Waals surface area contributed by atoms with Gasteiger partial charge in [0, 0.05) is 5.71 Å². The first-order chi connectivity index (χ1) is 3.55. The van der Waals surface area contributed by atoms with Crippen LogP contribution in [0.1, 0.15) is 27.7 Å². The van der Waals surface area contributed by atoms with Gasteiger partial charge < -0.3 is 5.41 Å². The third-order valence-corrected chi connectivity index (χ3v) is 1.24. The summed E-state index contributed by atoms with van der Waals surface area (Å²) >= 11 is 0. The maximum absolute atomic E-state index is 7.40. The average Bonchev–Trinajstić information content (AvgIpc) is 1.64. The minimum Gasteiger partial charge on any atom is -0.309 e. The predicted octanol–water partition coefficient (Wildman–Crippen LogP) is 2.32. The summed E-state index contributed by atoms with van der Waals surface area (Å²) in [6.07, 6.45) is 0. The van der Waals surface area contributed by atoms with E-state index in [0.29, 0.717) is 11.8 Å². The zero-order valence-electron chi connectivity index (χ0n) is 6.15. The summed E-state index contributed by atoms with van der Waals surface area (Å²) in [6, 6.07) is 0. The standard InChI is InChI=1S/C7H15N/c1-5(2)7(8)6(3)4/h5-6,8H,1-4H3. The Balaban J connectivity index is 3.65. The van der Waals surface area contributed by atoms with Gasteiger partial charge in [-0.1, -0.05) is 27.7 Å². The minimum absolute atomic E-state index is 0.426. The normalized spacial score (nSPS) is 10.8. The van der Waals surface area contributed by atoms with Crippen LogP contribution in [0, 0.1) is 17.2 Å². The van der Waals surface area contributed by atoms with Crippen LogP contribution in [-0.2, 0) is 0 Å². The summed E-state index contributed by atoms with van der Waals surface area (Å²) in [5.41, 5.74) is 0.852. The third kappa shape index (κ3) is 2.10. The van der Waals surface area contributed by atoms with Crippen molar-refractivity contribution in [2.24, 2.45) is 11.8 Å². The molecular weight excluding hydrogens is 98.1 g/mol. The average molecular weight is 113 g/mol. The first kappa shape index (κ1) is 7.67. The van der Waals surface area contributed by atoms with Crippen molar-refractivity contribution >= 4 is 5.71 Å². The van der Waals surface area contributed by atoms with E-state index >= 15 is 0 Å². The Kier molecular flexibility index (Phi) is 2.74. The van der Waals surface area contributed by atoms with Gasteiger partial charge in [-0.15, -0.1) is 0 Å². The Bertz CT molecular complexity index is 72.4. The Morgan fingerprint density at radius 3 is 1.25 bits per heavy atom. The second-order valence-electron chi connectivity index (χ2n) is 2.76. The molecule has 0 aromatic carbocycles. The van der Waals surface area contributed by atoms with Crippen molar-refractivity contribution in [2.45, 2.75) is 27.7 Å². The van der Waals surface area contributed by atoms with Gasteiger partial charge in [-0.2, -0.15) is 0 Å². The van der Waals surface area contributed by atoms with Crippen molar-refractivity contribution in [3.05, 3.63) is 0 Å². The van der Waals surface area contributed by atoms with E-state index < -0.39 is 0 Å². The smallest absolute Gasteiger partial charge is 0.0140 e. The zero-order chi connectivity index (χ0) is 6.73. The van der Waals surface area contributed by atoms with Crippen LogP contribution in [-0.4, -0.2) is 5.71 Å². The fourth-order valence-corrected chi connectivity index (χ4v) is 0.667. The highest BCUT2D eigenvalue weighted by atomic mass is 14.4. The molecular formula is C7H15N. The lowest BCUT2D eigenvalue weighted by Crippen LogP contribution is -2.12. The highest BCUT2D eigenvalue weighted by Crippen LogP contribution is 2.04. The quantitative estimate of drug-likeness (QED) is 0.531. The molecule has 0 fully saturated rings. The van der Waals surface area contributed by atoms with Gasteiger partial charge in [0.1, 0.15) is 0 Å². The van der Waals surface area contributed by atoms with Crippen molar-refractivity contribution in [3.8, 4) is 0 Å². The molecule has 1 heteroatoms. The second-order valence-corrected chi connectivity index (χ2v) is 2.76. The predicted molar refractivity (Wildman–Crippen MR) is 37.4 cm³/mol. The lowest BCUT2D eigenvalue weighted by molar-refractivity contribution is 0.756. The van der Waals surface area contributed by atoms with Crippen LogP contribution in [0.15, 0.2) is 0 Å². The maximum atomic E-state index is 7.40. The van der Waals surface area contributed by atoms with E-state index in [1.807, 2.05) is 0 Å². The molecule has 8 heavy (non-hydrogen) atoms. The van der Waals surface area contributed by atoms with Crippen molar-refractivity contribution in [1.82, 2.24) is 0 Å². The summed E-state index contributed by atoms with van der Waals surface area (Å²) in [4.78, 5) is 0. The lowest BCUT2D eigenvalue weighted by Gasteiger charge is -2.09. The van der Waals surface area contributed by atoms with E-state index in [1.165, 1.54) is 0 Å². The largest absolute Gasteiger partial charge is 0.309 e. The summed E-state index contributed by atoms with van der Waals surface area (Å²) in [5, 5.41) is 7.40. The summed E-state index contributed by atoms with van der Waals surface area (Å²) in [6.45, 7) is 8.23. The van der Waals surface area contributed by atoms with Crippen LogP contribution in [0.3, 0.4) is 0 Å².